The number of hydrogen-bond donors (Lipinski definition) is 0. The highest BCUT2D eigenvalue weighted by Crippen LogP contribution is 2.21. The van der Waals surface area contributed by atoms with E-state index in [4.69, 9.17) is 4.74 Å². The molecule has 2 heteroatoms. The summed E-state index contributed by atoms with van der Waals surface area (Å²) in [5.74, 6) is 0.524. The molecule has 28 heavy (non-hydrogen) atoms. The Bertz CT molecular complexity index is 1130. The molecule has 136 valence electrons. The first kappa shape index (κ1) is 17.7. The van der Waals surface area contributed by atoms with Gasteiger partial charge >= 0.3 is 0 Å². The van der Waals surface area contributed by atoms with Crippen LogP contribution in [0.5, 0.6) is 5.75 Å². The Labute approximate surface area is 164 Å². The summed E-state index contributed by atoms with van der Waals surface area (Å²) < 4.78 is 5.90. The fraction of sp³-hybridized carbons (Fsp3) is 0.0385. The lowest BCUT2D eigenvalue weighted by Crippen LogP contribution is -2.02. The summed E-state index contributed by atoms with van der Waals surface area (Å²) in [5, 5.41) is 2.34. The van der Waals surface area contributed by atoms with Gasteiger partial charge in [0.05, 0.1) is 5.56 Å². The van der Waals surface area contributed by atoms with Gasteiger partial charge in [-0.15, -0.1) is 0 Å². The zero-order chi connectivity index (χ0) is 19.2. The Kier molecular flexibility index (Phi) is 5.30. The molecule has 0 amide bonds. The molecule has 0 aliphatic rings. The molecule has 0 unspecified atom stereocenters. The molecule has 0 heterocycles. The first-order valence-electron chi connectivity index (χ1n) is 9.26. The van der Waals surface area contributed by atoms with Gasteiger partial charge in [0.2, 0.25) is 0 Å². The average Bonchev–Trinajstić information content (AvgIpc) is 2.77. The second-order valence-electron chi connectivity index (χ2n) is 6.57. The molecule has 0 radical (unpaired) electrons. The molecule has 0 aliphatic carbocycles. The minimum absolute atomic E-state index is 0.0724. The molecule has 4 aromatic carbocycles. The Morgan fingerprint density at radius 1 is 0.750 bits per heavy atom. The van der Waals surface area contributed by atoms with E-state index < -0.39 is 0 Å². The van der Waals surface area contributed by atoms with E-state index in [2.05, 4.69) is 24.3 Å². The minimum atomic E-state index is -0.0724. The Balaban J connectivity index is 1.51. The second-order valence-corrected chi connectivity index (χ2v) is 6.57. The highest BCUT2D eigenvalue weighted by molar-refractivity contribution is 6.08. The minimum Gasteiger partial charge on any atom is -0.488 e. The summed E-state index contributed by atoms with van der Waals surface area (Å²) in [5.41, 5.74) is 2.63. The molecule has 0 spiro atoms. The number of para-hydroxylation sites is 1. The van der Waals surface area contributed by atoms with E-state index in [-0.39, 0.29) is 5.78 Å². The van der Waals surface area contributed by atoms with E-state index in [1.54, 1.807) is 12.1 Å². The Morgan fingerprint density at radius 3 is 2.32 bits per heavy atom. The maximum Gasteiger partial charge on any atom is 0.189 e. The van der Waals surface area contributed by atoms with Crippen LogP contribution in [-0.2, 0) is 6.61 Å². The molecular formula is C26H20O2. The summed E-state index contributed by atoms with van der Waals surface area (Å²) in [4.78, 5) is 12.7. The van der Waals surface area contributed by atoms with Crippen molar-refractivity contribution in [3.63, 3.8) is 0 Å². The molecule has 4 aromatic rings. The quantitative estimate of drug-likeness (QED) is 0.296. The van der Waals surface area contributed by atoms with Crippen molar-refractivity contribution in [2.45, 2.75) is 6.61 Å². The number of ketones is 1. The van der Waals surface area contributed by atoms with Crippen LogP contribution in [0.2, 0.25) is 0 Å². The van der Waals surface area contributed by atoms with E-state index in [0.29, 0.717) is 17.9 Å². The van der Waals surface area contributed by atoms with Gasteiger partial charge in [-0.2, -0.15) is 0 Å². The molecule has 4 rings (SSSR count). The van der Waals surface area contributed by atoms with Crippen LogP contribution in [0, 0.1) is 0 Å². The van der Waals surface area contributed by atoms with Crippen LogP contribution in [0.15, 0.2) is 103 Å². The molecule has 0 N–H and O–H groups in total. The molecule has 0 bridgehead atoms. The normalized spacial score (nSPS) is 11.0. The van der Waals surface area contributed by atoms with Crippen LogP contribution in [0.4, 0.5) is 0 Å². The van der Waals surface area contributed by atoms with Crippen LogP contribution >= 0.6 is 0 Å². The van der Waals surface area contributed by atoms with Crippen LogP contribution in [-0.4, -0.2) is 5.78 Å². The third-order valence-electron chi connectivity index (χ3n) is 4.59. The van der Waals surface area contributed by atoms with Gasteiger partial charge in [0.25, 0.3) is 0 Å². The molecular weight excluding hydrogens is 344 g/mol. The van der Waals surface area contributed by atoms with Crippen LogP contribution < -0.4 is 4.74 Å². The van der Waals surface area contributed by atoms with Crippen molar-refractivity contribution in [1.29, 1.82) is 0 Å². The van der Waals surface area contributed by atoms with Crippen molar-refractivity contribution < 1.29 is 9.53 Å². The number of carbonyl (C=O) groups excluding carboxylic acids is 1. The molecule has 2 nitrogen and oxygen atoms in total. The van der Waals surface area contributed by atoms with Crippen molar-refractivity contribution >= 4 is 22.6 Å². The molecule has 0 atom stereocenters. The molecule has 0 saturated carbocycles. The summed E-state index contributed by atoms with van der Waals surface area (Å²) in [7, 11) is 0. The third-order valence-corrected chi connectivity index (χ3v) is 4.59. The van der Waals surface area contributed by atoms with Crippen LogP contribution in [0.25, 0.3) is 16.8 Å². The topological polar surface area (TPSA) is 26.3 Å². The Morgan fingerprint density at radius 2 is 1.46 bits per heavy atom. The highest BCUT2D eigenvalue weighted by atomic mass is 16.5. The van der Waals surface area contributed by atoms with Gasteiger partial charge in [0, 0.05) is 0 Å². The van der Waals surface area contributed by atoms with Gasteiger partial charge in [-0.05, 0) is 46.2 Å². The largest absolute Gasteiger partial charge is 0.488 e. The van der Waals surface area contributed by atoms with Crippen molar-refractivity contribution in [2.24, 2.45) is 0 Å². The van der Waals surface area contributed by atoms with Crippen molar-refractivity contribution in [2.75, 3.05) is 0 Å². The second kappa shape index (κ2) is 8.36. The smallest absolute Gasteiger partial charge is 0.189 e. The van der Waals surface area contributed by atoms with E-state index in [0.717, 1.165) is 16.5 Å². The fourth-order valence-corrected chi connectivity index (χ4v) is 3.10. The lowest BCUT2D eigenvalue weighted by Gasteiger charge is -2.09. The van der Waals surface area contributed by atoms with Gasteiger partial charge in [0.1, 0.15) is 12.4 Å². The van der Waals surface area contributed by atoms with Gasteiger partial charge < -0.3 is 4.74 Å². The number of benzene rings is 4. The van der Waals surface area contributed by atoms with Crippen molar-refractivity contribution in [1.82, 2.24) is 0 Å². The fourth-order valence-electron chi connectivity index (χ4n) is 3.10. The summed E-state index contributed by atoms with van der Waals surface area (Å²) >= 11 is 0. The zero-order valence-corrected chi connectivity index (χ0v) is 15.4. The molecule has 0 saturated heterocycles. The predicted molar refractivity (Wildman–Crippen MR) is 115 cm³/mol. The lowest BCUT2D eigenvalue weighted by molar-refractivity contribution is 0.104. The third kappa shape index (κ3) is 4.18. The zero-order valence-electron chi connectivity index (χ0n) is 15.4. The predicted octanol–water partition coefficient (Wildman–Crippen LogP) is 6.31. The lowest BCUT2D eigenvalue weighted by atomic mass is 10.0. The van der Waals surface area contributed by atoms with E-state index in [1.165, 1.54) is 5.39 Å². The molecule has 0 aliphatic heterocycles. The van der Waals surface area contributed by atoms with Crippen LogP contribution in [0.3, 0.4) is 0 Å². The van der Waals surface area contributed by atoms with Gasteiger partial charge in [-0.25, -0.2) is 0 Å². The molecule has 0 fully saturated rings. The van der Waals surface area contributed by atoms with E-state index in [1.807, 2.05) is 72.8 Å². The summed E-state index contributed by atoms with van der Waals surface area (Å²) in [6.07, 6.45) is 3.46. The van der Waals surface area contributed by atoms with Gasteiger partial charge in [-0.1, -0.05) is 84.9 Å². The molecule has 0 aromatic heterocycles. The van der Waals surface area contributed by atoms with Crippen LogP contribution in [0.1, 0.15) is 21.5 Å². The maximum atomic E-state index is 12.7. The maximum absolute atomic E-state index is 12.7. The highest BCUT2D eigenvalue weighted by Gasteiger charge is 2.09. The van der Waals surface area contributed by atoms with Crippen molar-refractivity contribution in [3.05, 3.63) is 120 Å². The standard InChI is InChI=1S/C26H20O2/c27-25(17-15-20-14-16-22-10-4-5-11-23(22)18-20)24-12-6-7-13-26(24)28-19-21-8-2-1-3-9-21/h1-18H,19H2. The monoisotopic (exact) mass is 364 g/mol. The number of rotatable bonds is 6. The summed E-state index contributed by atoms with van der Waals surface area (Å²) in [6.45, 7) is 0.430. The number of ether oxygens (including phenoxy) is 1. The number of carbonyl (C=O) groups is 1. The number of hydrogen-bond acceptors (Lipinski definition) is 2. The SMILES string of the molecule is O=C(C=Cc1ccc2ccccc2c1)c1ccccc1OCc1ccccc1. The average molecular weight is 364 g/mol. The van der Waals surface area contributed by atoms with Gasteiger partial charge in [0.15, 0.2) is 5.78 Å². The first-order valence-corrected chi connectivity index (χ1v) is 9.26. The summed E-state index contributed by atoms with van der Waals surface area (Å²) in [6, 6.07) is 31.6. The van der Waals surface area contributed by atoms with E-state index in [9.17, 15) is 4.79 Å². The van der Waals surface area contributed by atoms with E-state index >= 15 is 0 Å². The number of fused-ring (bicyclic) bond motifs is 1. The Hall–Kier alpha value is -3.65. The number of allylic oxidation sites excluding steroid dienone is 1. The first-order chi connectivity index (χ1) is 13.8. The van der Waals surface area contributed by atoms with Crippen molar-refractivity contribution in [3.8, 4) is 5.75 Å². The van der Waals surface area contributed by atoms with Gasteiger partial charge in [-0.3, -0.25) is 4.79 Å².